The SMILES string of the molecule is C#CCN(Cc1ccc2nc(C)[nH]c(=O)c2c1)c1ccc(C(=O)NCc2cscn2)cc1. The lowest BCUT2D eigenvalue weighted by Crippen LogP contribution is -2.24. The van der Waals surface area contributed by atoms with E-state index in [9.17, 15) is 9.59 Å². The summed E-state index contributed by atoms with van der Waals surface area (Å²) in [7, 11) is 0. The van der Waals surface area contributed by atoms with Gasteiger partial charge in [0.1, 0.15) is 5.82 Å². The number of thiazole rings is 1. The fraction of sp³-hybridized carbons (Fsp3) is 0.167. The van der Waals surface area contributed by atoms with Crippen molar-refractivity contribution in [1.82, 2.24) is 20.3 Å². The van der Waals surface area contributed by atoms with Gasteiger partial charge in [0.05, 0.1) is 35.2 Å². The second kappa shape index (κ2) is 9.45. The van der Waals surface area contributed by atoms with Crippen LogP contribution in [-0.4, -0.2) is 27.4 Å². The van der Waals surface area contributed by atoms with Crippen molar-refractivity contribution in [1.29, 1.82) is 0 Å². The molecule has 0 aliphatic heterocycles. The summed E-state index contributed by atoms with van der Waals surface area (Å²) in [5.41, 5.74) is 5.45. The highest BCUT2D eigenvalue weighted by molar-refractivity contribution is 7.07. The number of amides is 1. The number of nitrogens with one attached hydrogen (secondary N) is 2. The molecule has 160 valence electrons. The summed E-state index contributed by atoms with van der Waals surface area (Å²) >= 11 is 1.49. The monoisotopic (exact) mass is 443 g/mol. The van der Waals surface area contributed by atoms with E-state index < -0.39 is 0 Å². The van der Waals surface area contributed by atoms with Crippen LogP contribution in [0.3, 0.4) is 0 Å². The van der Waals surface area contributed by atoms with Gasteiger partial charge in [0.2, 0.25) is 0 Å². The maximum atomic E-state index is 12.4. The zero-order valence-electron chi connectivity index (χ0n) is 17.5. The minimum atomic E-state index is -0.162. The van der Waals surface area contributed by atoms with Crippen molar-refractivity contribution >= 4 is 33.8 Å². The second-order valence-corrected chi connectivity index (χ2v) is 7.99. The molecule has 1 amide bonds. The molecule has 7 nitrogen and oxygen atoms in total. The van der Waals surface area contributed by atoms with Gasteiger partial charge in [0.15, 0.2) is 0 Å². The molecular weight excluding hydrogens is 422 g/mol. The number of terminal acetylenes is 1. The first kappa shape index (κ1) is 21.3. The maximum Gasteiger partial charge on any atom is 0.258 e. The minimum absolute atomic E-state index is 0.161. The van der Waals surface area contributed by atoms with Gasteiger partial charge in [-0.3, -0.25) is 9.59 Å². The molecule has 0 fully saturated rings. The highest BCUT2D eigenvalue weighted by Gasteiger charge is 2.11. The van der Waals surface area contributed by atoms with E-state index in [-0.39, 0.29) is 11.5 Å². The number of fused-ring (bicyclic) bond motifs is 1. The van der Waals surface area contributed by atoms with Crippen molar-refractivity contribution in [3.05, 3.63) is 86.4 Å². The summed E-state index contributed by atoms with van der Waals surface area (Å²) in [6.45, 7) is 3.05. The van der Waals surface area contributed by atoms with E-state index >= 15 is 0 Å². The molecule has 32 heavy (non-hydrogen) atoms. The molecule has 0 spiro atoms. The standard InChI is InChI=1S/C24H21N5O2S/c1-3-10-29(13-17-4-9-22-21(11-17)24(31)28-16(2)27-22)20-7-5-18(6-8-20)23(30)25-12-19-14-32-15-26-19/h1,4-9,11,14-15H,10,12-13H2,2H3,(H,25,30)(H,27,28,31). The predicted octanol–water partition coefficient (Wildman–Crippen LogP) is 3.26. The molecule has 0 aliphatic rings. The van der Waals surface area contributed by atoms with Crippen molar-refractivity contribution < 1.29 is 4.79 Å². The van der Waals surface area contributed by atoms with Crippen LogP contribution in [0.15, 0.2) is 58.1 Å². The third-order valence-electron chi connectivity index (χ3n) is 4.95. The van der Waals surface area contributed by atoms with Gasteiger partial charge >= 0.3 is 0 Å². The fourth-order valence-electron chi connectivity index (χ4n) is 3.39. The summed E-state index contributed by atoms with van der Waals surface area (Å²) < 4.78 is 0. The lowest BCUT2D eigenvalue weighted by atomic mass is 10.1. The lowest BCUT2D eigenvalue weighted by Gasteiger charge is -2.23. The lowest BCUT2D eigenvalue weighted by molar-refractivity contribution is 0.0950. The number of anilines is 1. The molecule has 8 heteroatoms. The Balaban J connectivity index is 1.50. The zero-order chi connectivity index (χ0) is 22.5. The summed E-state index contributed by atoms with van der Waals surface area (Å²) in [6.07, 6.45) is 5.59. The Hall–Kier alpha value is -3.96. The maximum absolute atomic E-state index is 12.4. The predicted molar refractivity (Wildman–Crippen MR) is 127 cm³/mol. The van der Waals surface area contributed by atoms with Crippen LogP contribution in [0.5, 0.6) is 0 Å². The number of aromatic amines is 1. The molecule has 2 heterocycles. The number of aryl methyl sites for hydroxylation is 1. The Morgan fingerprint density at radius 1 is 1.25 bits per heavy atom. The van der Waals surface area contributed by atoms with Gasteiger partial charge < -0.3 is 15.2 Å². The van der Waals surface area contributed by atoms with E-state index in [0.29, 0.717) is 41.9 Å². The average Bonchev–Trinajstić information content (AvgIpc) is 3.31. The molecule has 2 N–H and O–H groups in total. The number of aromatic nitrogens is 3. The van der Waals surface area contributed by atoms with Gasteiger partial charge in [-0.05, 0) is 48.9 Å². The van der Waals surface area contributed by atoms with E-state index in [2.05, 4.69) is 26.2 Å². The van der Waals surface area contributed by atoms with Crippen LogP contribution in [0.4, 0.5) is 5.69 Å². The first-order valence-corrected chi connectivity index (χ1v) is 10.9. The smallest absolute Gasteiger partial charge is 0.258 e. The molecule has 0 saturated heterocycles. The Bertz CT molecular complexity index is 1340. The second-order valence-electron chi connectivity index (χ2n) is 7.27. The topological polar surface area (TPSA) is 91.0 Å². The first-order valence-electron chi connectivity index (χ1n) is 9.97. The Morgan fingerprint density at radius 2 is 2.06 bits per heavy atom. The molecular formula is C24H21N5O2S. The van der Waals surface area contributed by atoms with Gasteiger partial charge in [-0.15, -0.1) is 17.8 Å². The minimum Gasteiger partial charge on any atom is -0.356 e. The van der Waals surface area contributed by atoms with Gasteiger partial charge in [-0.1, -0.05) is 12.0 Å². The van der Waals surface area contributed by atoms with Crippen molar-refractivity contribution in [3.8, 4) is 12.3 Å². The molecule has 0 saturated carbocycles. The van der Waals surface area contributed by atoms with E-state index in [4.69, 9.17) is 6.42 Å². The van der Waals surface area contributed by atoms with Gasteiger partial charge in [0, 0.05) is 23.2 Å². The van der Waals surface area contributed by atoms with Crippen LogP contribution >= 0.6 is 11.3 Å². The van der Waals surface area contributed by atoms with Gasteiger partial charge in [-0.25, -0.2) is 9.97 Å². The van der Waals surface area contributed by atoms with Crippen LogP contribution in [-0.2, 0) is 13.1 Å². The highest BCUT2D eigenvalue weighted by Crippen LogP contribution is 2.20. The third kappa shape index (κ3) is 4.85. The number of carbonyl (C=O) groups excluding carboxylic acids is 1. The van der Waals surface area contributed by atoms with E-state index in [0.717, 1.165) is 16.9 Å². The molecule has 0 atom stereocenters. The summed E-state index contributed by atoms with van der Waals surface area (Å²) in [5, 5.41) is 5.31. The number of benzene rings is 2. The summed E-state index contributed by atoms with van der Waals surface area (Å²) in [5.74, 6) is 3.10. The van der Waals surface area contributed by atoms with E-state index in [1.807, 2.05) is 40.6 Å². The average molecular weight is 444 g/mol. The van der Waals surface area contributed by atoms with Crippen LogP contribution in [0.2, 0.25) is 0 Å². The number of carbonyl (C=O) groups is 1. The van der Waals surface area contributed by atoms with Crippen molar-refractivity contribution in [2.45, 2.75) is 20.0 Å². The van der Waals surface area contributed by atoms with Crippen molar-refractivity contribution in [2.24, 2.45) is 0 Å². The molecule has 2 aromatic carbocycles. The first-order chi connectivity index (χ1) is 15.5. The molecule has 0 bridgehead atoms. The fourth-order valence-corrected chi connectivity index (χ4v) is 3.95. The molecule has 0 unspecified atom stereocenters. The number of hydrogen-bond acceptors (Lipinski definition) is 6. The molecule has 0 radical (unpaired) electrons. The van der Waals surface area contributed by atoms with Gasteiger partial charge in [-0.2, -0.15) is 0 Å². The molecule has 4 rings (SSSR count). The van der Waals surface area contributed by atoms with E-state index in [1.54, 1.807) is 24.6 Å². The Kier molecular flexibility index (Phi) is 6.29. The van der Waals surface area contributed by atoms with Crippen molar-refractivity contribution in [2.75, 3.05) is 11.4 Å². The zero-order valence-corrected chi connectivity index (χ0v) is 18.3. The quantitative estimate of drug-likeness (QED) is 0.428. The molecule has 0 aliphatic carbocycles. The number of rotatable bonds is 7. The summed E-state index contributed by atoms with van der Waals surface area (Å²) in [4.78, 5) is 37.9. The largest absolute Gasteiger partial charge is 0.356 e. The van der Waals surface area contributed by atoms with Crippen molar-refractivity contribution in [3.63, 3.8) is 0 Å². The number of nitrogens with zero attached hydrogens (tertiary/aromatic N) is 3. The highest BCUT2D eigenvalue weighted by atomic mass is 32.1. The van der Waals surface area contributed by atoms with E-state index in [1.165, 1.54) is 11.3 Å². The Labute approximate surface area is 189 Å². The number of hydrogen-bond donors (Lipinski definition) is 2. The molecule has 2 aromatic heterocycles. The summed E-state index contributed by atoms with van der Waals surface area (Å²) in [6, 6.07) is 12.9. The normalized spacial score (nSPS) is 10.6. The van der Waals surface area contributed by atoms with Crippen LogP contribution in [0.25, 0.3) is 10.9 Å². The number of H-pyrrole nitrogens is 1. The Morgan fingerprint density at radius 3 is 2.78 bits per heavy atom. The van der Waals surface area contributed by atoms with Crippen LogP contribution < -0.4 is 15.8 Å². The van der Waals surface area contributed by atoms with Crippen LogP contribution in [0.1, 0.15) is 27.4 Å². The third-order valence-corrected chi connectivity index (χ3v) is 5.59. The van der Waals surface area contributed by atoms with Crippen LogP contribution in [0, 0.1) is 19.3 Å². The van der Waals surface area contributed by atoms with Gasteiger partial charge in [0.25, 0.3) is 11.5 Å². The molecule has 4 aromatic rings.